The molecule has 3 rings (SSSR count). The maximum atomic E-state index is 12.6. The number of amides is 2. The number of nitrogens with one attached hydrogen (secondary N) is 2. The maximum Gasteiger partial charge on any atom is 0.233 e. The molecular formula is C23H33N5O2S. The van der Waals surface area contributed by atoms with Crippen molar-refractivity contribution in [3.05, 3.63) is 35.2 Å². The summed E-state index contributed by atoms with van der Waals surface area (Å²) in [5, 5.41) is 15.0. The zero-order valence-electron chi connectivity index (χ0n) is 18.9. The Kier molecular flexibility index (Phi) is 8.12. The predicted octanol–water partition coefficient (Wildman–Crippen LogP) is 4.03. The third kappa shape index (κ3) is 6.32. The number of aryl methyl sites for hydroxylation is 2. The van der Waals surface area contributed by atoms with Crippen LogP contribution in [0.15, 0.2) is 23.4 Å². The molecule has 1 heterocycles. The first-order chi connectivity index (χ1) is 14.9. The summed E-state index contributed by atoms with van der Waals surface area (Å²) in [7, 11) is 0. The van der Waals surface area contributed by atoms with Crippen molar-refractivity contribution in [3.8, 4) is 0 Å². The fraction of sp³-hybridized carbons (Fsp3) is 0.565. The van der Waals surface area contributed by atoms with E-state index in [4.69, 9.17) is 0 Å². The molecule has 1 saturated carbocycles. The first-order valence-electron chi connectivity index (χ1n) is 11.1. The summed E-state index contributed by atoms with van der Waals surface area (Å²) in [6.45, 7) is 8.58. The van der Waals surface area contributed by atoms with Gasteiger partial charge in [-0.2, -0.15) is 0 Å². The summed E-state index contributed by atoms with van der Waals surface area (Å²) in [5.74, 6) is 0.507. The number of nitrogens with zero attached hydrogens (tertiary/aromatic N) is 3. The van der Waals surface area contributed by atoms with E-state index < -0.39 is 0 Å². The van der Waals surface area contributed by atoms with Crippen LogP contribution in [0.4, 0.5) is 5.69 Å². The van der Waals surface area contributed by atoms with Crippen LogP contribution in [0.25, 0.3) is 0 Å². The molecule has 0 bridgehead atoms. The Balaban J connectivity index is 1.59. The quantitative estimate of drug-likeness (QED) is 0.602. The molecule has 2 aromatic rings. The average Bonchev–Trinajstić information content (AvgIpc) is 3.12. The Morgan fingerprint density at radius 3 is 2.58 bits per heavy atom. The van der Waals surface area contributed by atoms with E-state index in [2.05, 4.69) is 20.8 Å². The lowest BCUT2D eigenvalue weighted by Gasteiger charge is -2.24. The van der Waals surface area contributed by atoms with Gasteiger partial charge in [0.2, 0.25) is 11.8 Å². The first-order valence-corrected chi connectivity index (χ1v) is 12.0. The van der Waals surface area contributed by atoms with Crippen LogP contribution < -0.4 is 10.6 Å². The molecule has 8 heteroatoms. The maximum absolute atomic E-state index is 12.6. The van der Waals surface area contributed by atoms with Crippen molar-refractivity contribution in [2.75, 3.05) is 5.32 Å². The highest BCUT2D eigenvalue weighted by molar-refractivity contribution is 8.00. The van der Waals surface area contributed by atoms with Crippen molar-refractivity contribution in [1.29, 1.82) is 0 Å². The van der Waals surface area contributed by atoms with Gasteiger partial charge in [-0.15, -0.1) is 10.2 Å². The van der Waals surface area contributed by atoms with Gasteiger partial charge in [-0.25, -0.2) is 0 Å². The highest BCUT2D eigenvalue weighted by Crippen LogP contribution is 2.24. The Bertz CT molecular complexity index is 921. The first kappa shape index (κ1) is 23.3. The highest BCUT2D eigenvalue weighted by Gasteiger charge is 2.23. The molecular weight excluding hydrogens is 410 g/mol. The summed E-state index contributed by atoms with van der Waals surface area (Å²) in [5.41, 5.74) is 3.10. The number of aromatic nitrogens is 3. The summed E-state index contributed by atoms with van der Waals surface area (Å²) in [4.78, 5) is 25.1. The molecule has 0 aliphatic heterocycles. The topological polar surface area (TPSA) is 88.9 Å². The second-order valence-electron chi connectivity index (χ2n) is 8.27. The number of rotatable bonds is 8. The van der Waals surface area contributed by atoms with E-state index in [1.165, 1.54) is 36.6 Å². The van der Waals surface area contributed by atoms with Crippen LogP contribution in [-0.2, 0) is 22.6 Å². The summed E-state index contributed by atoms with van der Waals surface area (Å²) >= 11 is 1.39. The van der Waals surface area contributed by atoms with Crippen LogP contribution in [0.2, 0.25) is 0 Å². The van der Waals surface area contributed by atoms with Crippen LogP contribution in [0.1, 0.15) is 62.9 Å². The fourth-order valence-electron chi connectivity index (χ4n) is 3.80. The molecule has 0 unspecified atom stereocenters. The molecule has 1 aromatic heterocycles. The van der Waals surface area contributed by atoms with Crippen molar-refractivity contribution in [2.45, 2.75) is 89.2 Å². The lowest BCUT2D eigenvalue weighted by molar-refractivity contribution is -0.121. The van der Waals surface area contributed by atoms with Crippen LogP contribution in [0.3, 0.4) is 0 Å². The van der Waals surface area contributed by atoms with Crippen molar-refractivity contribution >= 4 is 29.3 Å². The van der Waals surface area contributed by atoms with Gasteiger partial charge in [-0.3, -0.25) is 9.59 Å². The summed E-state index contributed by atoms with van der Waals surface area (Å²) in [6, 6.07) is 6.15. The highest BCUT2D eigenvalue weighted by atomic mass is 32.2. The normalized spacial score (nSPS) is 15.5. The molecule has 168 valence electrons. The molecule has 31 heavy (non-hydrogen) atoms. The van der Waals surface area contributed by atoms with Crippen molar-refractivity contribution in [1.82, 2.24) is 20.1 Å². The summed E-state index contributed by atoms with van der Waals surface area (Å²) < 4.78 is 1.91. The van der Waals surface area contributed by atoms with Crippen LogP contribution in [-0.4, -0.2) is 37.9 Å². The van der Waals surface area contributed by atoms with Gasteiger partial charge in [0.05, 0.1) is 11.7 Å². The zero-order valence-corrected chi connectivity index (χ0v) is 19.7. The smallest absolute Gasteiger partial charge is 0.233 e. The van der Waals surface area contributed by atoms with E-state index >= 15 is 0 Å². The number of anilines is 1. The Labute approximate surface area is 188 Å². The number of carbonyl (C=O) groups is 2. The predicted molar refractivity (Wildman–Crippen MR) is 124 cm³/mol. The Hall–Kier alpha value is -2.35. The van der Waals surface area contributed by atoms with Gasteiger partial charge < -0.3 is 15.2 Å². The van der Waals surface area contributed by atoms with Crippen molar-refractivity contribution in [3.63, 3.8) is 0 Å². The fourth-order valence-corrected chi connectivity index (χ4v) is 4.74. The third-order valence-electron chi connectivity index (χ3n) is 5.82. The van der Waals surface area contributed by atoms with Gasteiger partial charge in [0.15, 0.2) is 5.16 Å². The lowest BCUT2D eigenvalue weighted by atomic mass is 9.95. The average molecular weight is 444 g/mol. The molecule has 1 aliphatic rings. The molecule has 7 nitrogen and oxygen atoms in total. The van der Waals surface area contributed by atoms with E-state index in [9.17, 15) is 9.59 Å². The number of carbonyl (C=O) groups excluding carboxylic acids is 2. The van der Waals surface area contributed by atoms with Gasteiger partial charge in [0, 0.05) is 18.3 Å². The summed E-state index contributed by atoms with van der Waals surface area (Å²) in [6.07, 6.45) is 5.89. The lowest BCUT2D eigenvalue weighted by Crippen LogP contribution is -2.40. The standard InChI is InChI=1S/C23H33N5O2S/c1-5-28-20(14-21(29)24-19-12-11-15(2)16(3)13-19)26-27-23(28)31-17(4)22(30)25-18-9-7-6-8-10-18/h11-13,17-18H,5-10,14H2,1-4H3,(H,24,29)(H,25,30)/t17-/m1/s1. The van der Waals surface area contributed by atoms with Crippen molar-refractivity contribution < 1.29 is 9.59 Å². The van der Waals surface area contributed by atoms with Gasteiger partial charge in [-0.1, -0.05) is 37.1 Å². The zero-order chi connectivity index (χ0) is 22.4. The number of hydrogen-bond donors (Lipinski definition) is 2. The third-order valence-corrected chi connectivity index (χ3v) is 6.90. The second-order valence-corrected chi connectivity index (χ2v) is 9.58. The van der Waals surface area contributed by atoms with Crippen LogP contribution in [0.5, 0.6) is 0 Å². The van der Waals surface area contributed by atoms with Crippen LogP contribution >= 0.6 is 11.8 Å². The minimum atomic E-state index is -0.270. The molecule has 1 atom stereocenters. The second kappa shape index (κ2) is 10.8. The van der Waals surface area contributed by atoms with Crippen LogP contribution in [0, 0.1) is 13.8 Å². The largest absolute Gasteiger partial charge is 0.352 e. The van der Waals surface area contributed by atoms with E-state index in [-0.39, 0.29) is 29.5 Å². The molecule has 2 N–H and O–H groups in total. The number of benzene rings is 1. The van der Waals surface area contributed by atoms with Gasteiger partial charge in [0.1, 0.15) is 5.82 Å². The van der Waals surface area contributed by atoms with E-state index in [1.807, 2.05) is 50.5 Å². The van der Waals surface area contributed by atoms with E-state index in [0.717, 1.165) is 24.1 Å². The molecule has 1 fully saturated rings. The minimum absolute atomic E-state index is 0.0385. The number of thioether (sulfide) groups is 1. The van der Waals surface area contributed by atoms with E-state index in [1.54, 1.807) is 0 Å². The molecule has 0 saturated heterocycles. The molecule has 1 aliphatic carbocycles. The molecule has 0 spiro atoms. The molecule has 2 amide bonds. The molecule has 0 radical (unpaired) electrons. The van der Waals surface area contributed by atoms with Gasteiger partial charge >= 0.3 is 0 Å². The molecule has 1 aromatic carbocycles. The Morgan fingerprint density at radius 1 is 1.16 bits per heavy atom. The van der Waals surface area contributed by atoms with Gasteiger partial charge in [0.25, 0.3) is 0 Å². The Morgan fingerprint density at radius 2 is 1.90 bits per heavy atom. The van der Waals surface area contributed by atoms with E-state index in [0.29, 0.717) is 17.5 Å². The number of hydrogen-bond acceptors (Lipinski definition) is 5. The van der Waals surface area contributed by atoms with Gasteiger partial charge in [-0.05, 0) is 63.8 Å². The minimum Gasteiger partial charge on any atom is -0.352 e. The SMILES string of the molecule is CCn1c(CC(=O)Nc2ccc(C)c(C)c2)nnc1S[C@H](C)C(=O)NC1CCCCC1. The van der Waals surface area contributed by atoms with Crippen molar-refractivity contribution in [2.24, 2.45) is 0 Å². The monoisotopic (exact) mass is 443 g/mol.